The van der Waals surface area contributed by atoms with Crippen LogP contribution in [-0.4, -0.2) is 28.0 Å². The number of nitrogens with zero attached hydrogens (tertiary/aromatic N) is 1. The molecule has 1 N–H and O–H groups in total. The average molecular weight is 388 g/mol. The fraction of sp³-hybridized carbons (Fsp3) is 0.350. The van der Waals surface area contributed by atoms with Gasteiger partial charge in [-0.25, -0.2) is 8.42 Å². The van der Waals surface area contributed by atoms with E-state index in [4.69, 9.17) is 4.74 Å². The number of anilines is 2. The second kappa shape index (κ2) is 7.60. The molecule has 1 aliphatic rings. The highest BCUT2D eigenvalue weighted by Crippen LogP contribution is 2.32. The average Bonchev–Trinajstić information content (AvgIpc) is 2.66. The van der Waals surface area contributed by atoms with Gasteiger partial charge in [0, 0.05) is 24.2 Å². The highest BCUT2D eigenvalue weighted by molar-refractivity contribution is 7.92. The van der Waals surface area contributed by atoms with E-state index in [2.05, 4.69) is 4.72 Å². The topological polar surface area (TPSA) is 75.7 Å². The van der Waals surface area contributed by atoms with E-state index >= 15 is 0 Å². The number of hydrogen-bond donors (Lipinski definition) is 1. The smallest absolute Gasteiger partial charge is 0.262 e. The van der Waals surface area contributed by atoms with Crippen molar-refractivity contribution in [2.75, 3.05) is 23.3 Å². The van der Waals surface area contributed by atoms with Gasteiger partial charge in [-0.15, -0.1) is 0 Å². The van der Waals surface area contributed by atoms with Crippen LogP contribution < -0.4 is 14.4 Å². The summed E-state index contributed by atoms with van der Waals surface area (Å²) < 4.78 is 33.1. The minimum atomic E-state index is -3.76. The SMILES string of the molecule is COc1cccc(S(=O)(=O)Nc2ccc3c(c2)N(C(=O)C(C)C)CCC3)c1. The first-order chi connectivity index (χ1) is 12.8. The molecule has 0 spiro atoms. The summed E-state index contributed by atoms with van der Waals surface area (Å²) in [5.74, 6) is 0.397. The zero-order chi connectivity index (χ0) is 19.6. The van der Waals surface area contributed by atoms with E-state index in [-0.39, 0.29) is 16.7 Å². The van der Waals surface area contributed by atoms with Crippen molar-refractivity contribution in [3.63, 3.8) is 0 Å². The van der Waals surface area contributed by atoms with Crippen LogP contribution >= 0.6 is 0 Å². The molecule has 6 nitrogen and oxygen atoms in total. The molecule has 7 heteroatoms. The van der Waals surface area contributed by atoms with Crippen LogP contribution in [-0.2, 0) is 21.2 Å². The fourth-order valence-corrected chi connectivity index (χ4v) is 4.25. The first-order valence-electron chi connectivity index (χ1n) is 8.93. The molecule has 2 aromatic rings. The predicted octanol–water partition coefficient (Wildman–Crippen LogP) is 3.43. The zero-order valence-corrected chi connectivity index (χ0v) is 16.5. The largest absolute Gasteiger partial charge is 0.497 e. The Balaban J connectivity index is 1.92. The summed E-state index contributed by atoms with van der Waals surface area (Å²) in [6.45, 7) is 4.38. The maximum Gasteiger partial charge on any atom is 0.262 e. The molecule has 0 aromatic heterocycles. The number of ether oxygens (including phenoxy) is 1. The van der Waals surface area contributed by atoms with E-state index in [0.29, 0.717) is 18.0 Å². The number of methoxy groups -OCH3 is 1. The van der Waals surface area contributed by atoms with Gasteiger partial charge in [0.2, 0.25) is 5.91 Å². The van der Waals surface area contributed by atoms with Gasteiger partial charge in [0.05, 0.1) is 17.7 Å². The van der Waals surface area contributed by atoms with Crippen molar-refractivity contribution in [2.24, 2.45) is 5.92 Å². The molecule has 144 valence electrons. The number of benzene rings is 2. The third-order valence-electron chi connectivity index (χ3n) is 4.57. The van der Waals surface area contributed by atoms with Gasteiger partial charge in [-0.3, -0.25) is 9.52 Å². The van der Waals surface area contributed by atoms with E-state index in [0.717, 1.165) is 24.1 Å². The van der Waals surface area contributed by atoms with E-state index in [1.54, 1.807) is 29.2 Å². The van der Waals surface area contributed by atoms with Crippen LogP contribution in [0.2, 0.25) is 0 Å². The molecule has 0 radical (unpaired) electrons. The van der Waals surface area contributed by atoms with E-state index < -0.39 is 10.0 Å². The highest BCUT2D eigenvalue weighted by Gasteiger charge is 2.25. The van der Waals surface area contributed by atoms with Gasteiger partial charge >= 0.3 is 0 Å². The van der Waals surface area contributed by atoms with Crippen LogP contribution in [0.1, 0.15) is 25.8 Å². The number of amides is 1. The summed E-state index contributed by atoms with van der Waals surface area (Å²) >= 11 is 0. The molecular weight excluding hydrogens is 364 g/mol. The molecule has 0 bridgehead atoms. The number of hydrogen-bond acceptors (Lipinski definition) is 4. The predicted molar refractivity (Wildman–Crippen MR) is 106 cm³/mol. The van der Waals surface area contributed by atoms with Gasteiger partial charge in [-0.2, -0.15) is 0 Å². The minimum absolute atomic E-state index is 0.0451. The molecule has 0 saturated heterocycles. The van der Waals surface area contributed by atoms with E-state index in [9.17, 15) is 13.2 Å². The van der Waals surface area contributed by atoms with Crippen LogP contribution in [0.15, 0.2) is 47.4 Å². The zero-order valence-electron chi connectivity index (χ0n) is 15.7. The lowest BCUT2D eigenvalue weighted by atomic mass is 9.99. The van der Waals surface area contributed by atoms with Crippen molar-refractivity contribution in [3.05, 3.63) is 48.0 Å². The van der Waals surface area contributed by atoms with Crippen molar-refractivity contribution in [2.45, 2.75) is 31.6 Å². The van der Waals surface area contributed by atoms with Crippen LogP contribution in [0.25, 0.3) is 0 Å². The van der Waals surface area contributed by atoms with Gasteiger partial charge in [0.1, 0.15) is 5.75 Å². The van der Waals surface area contributed by atoms with Gasteiger partial charge in [0.15, 0.2) is 0 Å². The van der Waals surface area contributed by atoms with Crippen molar-refractivity contribution in [1.29, 1.82) is 0 Å². The number of fused-ring (bicyclic) bond motifs is 1. The van der Waals surface area contributed by atoms with Crippen molar-refractivity contribution < 1.29 is 17.9 Å². The third-order valence-corrected chi connectivity index (χ3v) is 5.95. The fourth-order valence-electron chi connectivity index (χ4n) is 3.16. The maximum atomic E-state index is 12.7. The van der Waals surface area contributed by atoms with Gasteiger partial charge in [0.25, 0.3) is 10.0 Å². The Bertz CT molecular complexity index is 954. The lowest BCUT2D eigenvalue weighted by Crippen LogP contribution is -2.38. The van der Waals surface area contributed by atoms with Gasteiger partial charge in [-0.1, -0.05) is 26.0 Å². The van der Waals surface area contributed by atoms with E-state index in [1.165, 1.54) is 19.2 Å². The van der Waals surface area contributed by atoms with Crippen molar-refractivity contribution >= 4 is 27.3 Å². The van der Waals surface area contributed by atoms with E-state index in [1.807, 2.05) is 19.9 Å². The summed E-state index contributed by atoms with van der Waals surface area (Å²) in [5, 5.41) is 0. The van der Waals surface area contributed by atoms with Crippen molar-refractivity contribution in [3.8, 4) is 5.75 Å². The molecule has 0 aliphatic carbocycles. The Morgan fingerprint density at radius 1 is 1.19 bits per heavy atom. The van der Waals surface area contributed by atoms with Crippen molar-refractivity contribution in [1.82, 2.24) is 0 Å². The summed E-state index contributed by atoms with van der Waals surface area (Å²) in [7, 11) is -2.27. The van der Waals surface area contributed by atoms with Crippen LogP contribution in [0.5, 0.6) is 5.75 Å². The number of rotatable bonds is 5. The molecule has 3 rings (SSSR count). The summed E-state index contributed by atoms with van der Waals surface area (Å²) in [6, 6.07) is 11.7. The second-order valence-corrected chi connectivity index (χ2v) is 8.56. The molecule has 27 heavy (non-hydrogen) atoms. The first-order valence-corrected chi connectivity index (χ1v) is 10.4. The Hall–Kier alpha value is -2.54. The molecular formula is C20H24N2O4S. The summed E-state index contributed by atoms with van der Waals surface area (Å²) in [6.07, 6.45) is 1.78. The monoisotopic (exact) mass is 388 g/mol. The minimum Gasteiger partial charge on any atom is -0.497 e. The number of carbonyl (C=O) groups is 1. The molecule has 2 aromatic carbocycles. The Labute approximate surface area is 160 Å². The lowest BCUT2D eigenvalue weighted by molar-refractivity contribution is -0.121. The Morgan fingerprint density at radius 2 is 1.96 bits per heavy atom. The van der Waals surface area contributed by atoms with Gasteiger partial charge in [-0.05, 0) is 42.7 Å². The Kier molecular flexibility index (Phi) is 5.41. The molecule has 0 unspecified atom stereocenters. The molecule has 0 saturated carbocycles. The number of nitrogens with one attached hydrogen (secondary N) is 1. The third kappa shape index (κ3) is 4.08. The van der Waals surface area contributed by atoms with Crippen LogP contribution in [0, 0.1) is 5.92 Å². The number of aryl methyl sites for hydroxylation is 1. The number of sulfonamides is 1. The molecule has 1 amide bonds. The normalized spacial score (nSPS) is 14.0. The molecule has 0 atom stereocenters. The molecule has 0 fully saturated rings. The summed E-state index contributed by atoms with van der Waals surface area (Å²) in [5.41, 5.74) is 2.27. The lowest BCUT2D eigenvalue weighted by Gasteiger charge is -2.31. The van der Waals surface area contributed by atoms with Gasteiger partial charge < -0.3 is 9.64 Å². The highest BCUT2D eigenvalue weighted by atomic mass is 32.2. The first kappa shape index (κ1) is 19.2. The van der Waals surface area contributed by atoms with Crippen LogP contribution in [0.3, 0.4) is 0 Å². The van der Waals surface area contributed by atoms with Crippen LogP contribution in [0.4, 0.5) is 11.4 Å². The Morgan fingerprint density at radius 3 is 2.67 bits per heavy atom. The summed E-state index contributed by atoms with van der Waals surface area (Å²) in [4.78, 5) is 14.4. The quantitative estimate of drug-likeness (QED) is 0.851. The number of carbonyl (C=O) groups excluding carboxylic acids is 1. The molecule has 1 heterocycles. The molecule has 1 aliphatic heterocycles. The standard InChI is InChI=1S/C20H24N2O4S/c1-14(2)20(23)22-11-5-6-15-9-10-16(12-19(15)22)21-27(24,25)18-8-4-7-17(13-18)26-3/h4,7-10,12-14,21H,5-6,11H2,1-3H3. The maximum absolute atomic E-state index is 12.7. The second-order valence-electron chi connectivity index (χ2n) is 6.88.